The largest absolute Gasteiger partial charge is 0.478 e. The second-order valence-electron chi connectivity index (χ2n) is 3.85. The molecule has 0 aromatic carbocycles. The van der Waals surface area contributed by atoms with E-state index in [1.165, 1.54) is 6.33 Å². The summed E-state index contributed by atoms with van der Waals surface area (Å²) in [7, 11) is 0. The van der Waals surface area contributed by atoms with Crippen LogP contribution in [0.1, 0.15) is 26.3 Å². The van der Waals surface area contributed by atoms with Crippen LogP contribution in [0.4, 0.5) is 5.82 Å². The zero-order valence-corrected chi connectivity index (χ0v) is 11.3. The summed E-state index contributed by atoms with van der Waals surface area (Å²) in [5, 5.41) is 5.80. The molecule has 6 nitrogen and oxygen atoms in total. The van der Waals surface area contributed by atoms with Gasteiger partial charge in [-0.05, 0) is 27.7 Å². The van der Waals surface area contributed by atoms with E-state index in [-0.39, 0.29) is 11.9 Å². The molecule has 0 aliphatic rings. The summed E-state index contributed by atoms with van der Waals surface area (Å²) in [5.74, 6) is 1.10. The number of carbonyl (C=O) groups is 1. The molecule has 1 rings (SSSR count). The molecule has 1 atom stereocenters. The Morgan fingerprint density at radius 3 is 2.78 bits per heavy atom. The van der Waals surface area contributed by atoms with Crippen molar-refractivity contribution in [2.24, 2.45) is 0 Å². The van der Waals surface area contributed by atoms with Crippen LogP contribution in [0, 0.1) is 6.92 Å². The second-order valence-corrected chi connectivity index (χ2v) is 3.85. The molecule has 0 saturated heterocycles. The van der Waals surface area contributed by atoms with Gasteiger partial charge < -0.3 is 15.4 Å². The highest BCUT2D eigenvalue weighted by Gasteiger charge is 2.15. The SMILES string of the molecule is CCNC(=O)C(C)Nc1ncnc(OCC)c1C. The Kier molecular flexibility index (Phi) is 5.35. The molecule has 0 bridgehead atoms. The number of anilines is 1. The van der Waals surface area contributed by atoms with Crippen LogP contribution in [0.15, 0.2) is 6.33 Å². The molecule has 0 saturated carbocycles. The lowest BCUT2D eigenvalue weighted by Crippen LogP contribution is -2.37. The first-order chi connectivity index (χ1) is 8.60. The number of aromatic nitrogens is 2. The summed E-state index contributed by atoms with van der Waals surface area (Å²) in [6.45, 7) is 8.57. The van der Waals surface area contributed by atoms with Crippen LogP contribution in [0.2, 0.25) is 0 Å². The third kappa shape index (κ3) is 3.58. The number of likely N-dealkylation sites (N-methyl/N-ethyl adjacent to an activating group) is 1. The monoisotopic (exact) mass is 252 g/mol. The average Bonchev–Trinajstić information content (AvgIpc) is 2.34. The van der Waals surface area contributed by atoms with Crippen LogP contribution in [0.25, 0.3) is 0 Å². The third-order valence-corrected chi connectivity index (χ3v) is 2.42. The van der Waals surface area contributed by atoms with E-state index in [1.54, 1.807) is 6.92 Å². The fourth-order valence-corrected chi connectivity index (χ4v) is 1.46. The number of amides is 1. The first-order valence-electron chi connectivity index (χ1n) is 6.08. The maximum atomic E-state index is 11.6. The predicted molar refractivity (Wildman–Crippen MR) is 69.7 cm³/mol. The van der Waals surface area contributed by atoms with Gasteiger partial charge in [0.15, 0.2) is 0 Å². The molecule has 1 heterocycles. The molecule has 0 aliphatic heterocycles. The molecule has 1 amide bonds. The van der Waals surface area contributed by atoms with Gasteiger partial charge in [0.1, 0.15) is 18.2 Å². The van der Waals surface area contributed by atoms with Crippen molar-refractivity contribution in [2.45, 2.75) is 33.7 Å². The van der Waals surface area contributed by atoms with Crippen molar-refractivity contribution < 1.29 is 9.53 Å². The fourth-order valence-electron chi connectivity index (χ4n) is 1.46. The smallest absolute Gasteiger partial charge is 0.242 e. The van der Waals surface area contributed by atoms with Crippen molar-refractivity contribution >= 4 is 11.7 Å². The van der Waals surface area contributed by atoms with Crippen molar-refractivity contribution in [1.29, 1.82) is 0 Å². The van der Waals surface area contributed by atoms with Gasteiger partial charge in [-0.2, -0.15) is 0 Å². The predicted octanol–water partition coefficient (Wildman–Crippen LogP) is 1.12. The Bertz CT molecular complexity index is 409. The molecule has 18 heavy (non-hydrogen) atoms. The minimum absolute atomic E-state index is 0.0616. The average molecular weight is 252 g/mol. The molecule has 100 valence electrons. The van der Waals surface area contributed by atoms with E-state index in [4.69, 9.17) is 4.74 Å². The molecular formula is C12H20N4O2. The number of ether oxygens (including phenoxy) is 1. The summed E-state index contributed by atoms with van der Waals surface area (Å²) in [4.78, 5) is 19.8. The first kappa shape index (κ1) is 14.2. The van der Waals surface area contributed by atoms with E-state index in [0.29, 0.717) is 24.8 Å². The summed E-state index contributed by atoms with van der Waals surface area (Å²) < 4.78 is 5.38. The molecule has 1 unspecified atom stereocenters. The molecule has 6 heteroatoms. The molecule has 0 spiro atoms. The number of nitrogens with zero attached hydrogens (tertiary/aromatic N) is 2. The Morgan fingerprint density at radius 1 is 1.44 bits per heavy atom. The fraction of sp³-hybridized carbons (Fsp3) is 0.583. The molecule has 0 fully saturated rings. The van der Waals surface area contributed by atoms with Crippen molar-refractivity contribution in [3.05, 3.63) is 11.9 Å². The topological polar surface area (TPSA) is 76.1 Å². The van der Waals surface area contributed by atoms with Crippen LogP contribution in [0.3, 0.4) is 0 Å². The Morgan fingerprint density at radius 2 is 2.17 bits per heavy atom. The zero-order chi connectivity index (χ0) is 13.5. The minimum Gasteiger partial charge on any atom is -0.478 e. The number of hydrogen-bond donors (Lipinski definition) is 2. The van der Waals surface area contributed by atoms with Crippen molar-refractivity contribution in [3.8, 4) is 5.88 Å². The van der Waals surface area contributed by atoms with Gasteiger partial charge in [0.05, 0.1) is 12.2 Å². The normalized spacial score (nSPS) is 11.8. The second kappa shape index (κ2) is 6.78. The van der Waals surface area contributed by atoms with E-state index >= 15 is 0 Å². The number of nitrogens with one attached hydrogen (secondary N) is 2. The van der Waals surface area contributed by atoms with E-state index in [2.05, 4.69) is 20.6 Å². The lowest BCUT2D eigenvalue weighted by Gasteiger charge is -2.16. The van der Waals surface area contributed by atoms with Crippen molar-refractivity contribution in [2.75, 3.05) is 18.5 Å². The molecule has 0 aliphatic carbocycles. The first-order valence-corrected chi connectivity index (χ1v) is 6.08. The molecule has 1 aromatic rings. The van der Waals surface area contributed by atoms with Crippen LogP contribution in [-0.4, -0.2) is 35.1 Å². The third-order valence-electron chi connectivity index (χ3n) is 2.42. The zero-order valence-electron chi connectivity index (χ0n) is 11.3. The standard InChI is InChI=1S/C12H20N4O2/c1-5-13-11(17)9(4)16-10-8(3)12(18-6-2)15-7-14-10/h7,9H,5-6H2,1-4H3,(H,13,17)(H,14,15,16). The highest BCUT2D eigenvalue weighted by Crippen LogP contribution is 2.20. The van der Waals surface area contributed by atoms with Gasteiger partial charge in [-0.15, -0.1) is 0 Å². The van der Waals surface area contributed by atoms with E-state index in [0.717, 1.165) is 5.56 Å². The summed E-state index contributed by atoms with van der Waals surface area (Å²) in [6.07, 6.45) is 1.42. The van der Waals surface area contributed by atoms with Gasteiger partial charge in [0.25, 0.3) is 0 Å². The van der Waals surface area contributed by atoms with Crippen molar-refractivity contribution in [1.82, 2.24) is 15.3 Å². The Balaban J connectivity index is 2.78. The van der Waals surface area contributed by atoms with E-state index in [9.17, 15) is 4.79 Å². The maximum Gasteiger partial charge on any atom is 0.242 e. The van der Waals surface area contributed by atoms with Gasteiger partial charge in [0, 0.05) is 6.54 Å². The molecule has 1 aromatic heterocycles. The van der Waals surface area contributed by atoms with Gasteiger partial charge in [0.2, 0.25) is 11.8 Å². The number of rotatable bonds is 6. The maximum absolute atomic E-state index is 11.6. The van der Waals surface area contributed by atoms with Crippen LogP contribution in [-0.2, 0) is 4.79 Å². The van der Waals surface area contributed by atoms with Crippen LogP contribution >= 0.6 is 0 Å². The van der Waals surface area contributed by atoms with E-state index < -0.39 is 0 Å². The van der Waals surface area contributed by atoms with E-state index in [1.807, 2.05) is 20.8 Å². The Labute approximate surface area is 107 Å². The molecule has 2 N–H and O–H groups in total. The van der Waals surface area contributed by atoms with Gasteiger partial charge in [-0.1, -0.05) is 0 Å². The van der Waals surface area contributed by atoms with Crippen molar-refractivity contribution in [3.63, 3.8) is 0 Å². The molecule has 0 radical (unpaired) electrons. The van der Waals surface area contributed by atoms with Gasteiger partial charge in [-0.25, -0.2) is 9.97 Å². The minimum atomic E-state index is -0.354. The highest BCUT2D eigenvalue weighted by molar-refractivity contribution is 5.84. The summed E-state index contributed by atoms with van der Waals surface area (Å²) >= 11 is 0. The van der Waals surface area contributed by atoms with Crippen LogP contribution in [0.5, 0.6) is 5.88 Å². The summed E-state index contributed by atoms with van der Waals surface area (Å²) in [6, 6.07) is -0.354. The van der Waals surface area contributed by atoms with Gasteiger partial charge in [-0.3, -0.25) is 4.79 Å². The Hall–Kier alpha value is -1.85. The number of hydrogen-bond acceptors (Lipinski definition) is 5. The lowest BCUT2D eigenvalue weighted by atomic mass is 10.2. The highest BCUT2D eigenvalue weighted by atomic mass is 16.5. The molecular weight excluding hydrogens is 232 g/mol. The van der Waals surface area contributed by atoms with Crippen LogP contribution < -0.4 is 15.4 Å². The number of carbonyl (C=O) groups excluding carboxylic acids is 1. The lowest BCUT2D eigenvalue weighted by molar-refractivity contribution is -0.121. The van der Waals surface area contributed by atoms with Gasteiger partial charge >= 0.3 is 0 Å². The summed E-state index contributed by atoms with van der Waals surface area (Å²) in [5.41, 5.74) is 0.801. The quantitative estimate of drug-likeness (QED) is 0.793.